The monoisotopic (exact) mass is 386 g/mol. The maximum Gasteiger partial charge on any atom is 0.262 e. The zero-order valence-corrected chi connectivity index (χ0v) is 16.0. The van der Waals surface area contributed by atoms with Gasteiger partial charge in [0.05, 0.1) is 0 Å². The van der Waals surface area contributed by atoms with Crippen LogP contribution in [0.4, 0.5) is 10.1 Å². The van der Waals surface area contributed by atoms with E-state index in [4.69, 9.17) is 11.6 Å². The molecular weight excluding hydrogens is 363 g/mol. The zero-order chi connectivity index (χ0) is 18.9. The molecule has 0 radical (unpaired) electrons. The molecule has 1 aliphatic heterocycles. The van der Waals surface area contributed by atoms with Gasteiger partial charge >= 0.3 is 0 Å². The maximum atomic E-state index is 15.0. The molecule has 0 spiro atoms. The van der Waals surface area contributed by atoms with E-state index in [2.05, 4.69) is 22.8 Å². The number of fused-ring (bicyclic) bond motifs is 3. The number of carbonyl (C=O) groups excluding carboxylic acids is 1. The number of hydrogen-bond acceptors (Lipinski definition) is 2. The van der Waals surface area contributed by atoms with Crippen molar-refractivity contribution in [1.29, 1.82) is 0 Å². The second-order valence-electron chi connectivity index (χ2n) is 7.59. The summed E-state index contributed by atoms with van der Waals surface area (Å²) in [6, 6.07) is 13.9. The lowest BCUT2D eigenvalue weighted by Crippen LogP contribution is -2.44. The van der Waals surface area contributed by atoms with E-state index in [9.17, 15) is 9.18 Å². The van der Waals surface area contributed by atoms with Gasteiger partial charge in [-0.05, 0) is 73.5 Å². The Morgan fingerprint density at radius 2 is 2.11 bits per heavy atom. The summed E-state index contributed by atoms with van der Waals surface area (Å²) in [7, 11) is 0. The second kappa shape index (κ2) is 7.61. The van der Waals surface area contributed by atoms with Gasteiger partial charge in [0.1, 0.15) is 0 Å². The SMILES string of the molecule is O=C1Nc2cc(CCCNCc3cccc(Cl)c3)ccc2C2CCCC12F. The van der Waals surface area contributed by atoms with Crippen LogP contribution in [0.2, 0.25) is 5.02 Å². The first-order valence-electron chi connectivity index (χ1n) is 9.64. The number of halogens is 2. The van der Waals surface area contributed by atoms with Crippen LogP contribution < -0.4 is 10.6 Å². The maximum absolute atomic E-state index is 15.0. The smallest absolute Gasteiger partial charge is 0.262 e. The van der Waals surface area contributed by atoms with Crippen molar-refractivity contribution < 1.29 is 9.18 Å². The topological polar surface area (TPSA) is 41.1 Å². The first kappa shape index (κ1) is 18.5. The Morgan fingerprint density at radius 3 is 2.96 bits per heavy atom. The van der Waals surface area contributed by atoms with Crippen molar-refractivity contribution in [2.45, 2.75) is 50.2 Å². The average Bonchev–Trinajstić information content (AvgIpc) is 3.05. The Hall–Kier alpha value is -1.91. The van der Waals surface area contributed by atoms with Crippen LogP contribution in [-0.4, -0.2) is 18.1 Å². The minimum Gasteiger partial charge on any atom is -0.323 e. The fraction of sp³-hybridized carbons (Fsp3) is 0.409. The van der Waals surface area contributed by atoms with E-state index >= 15 is 0 Å². The van der Waals surface area contributed by atoms with Crippen LogP contribution in [0.3, 0.4) is 0 Å². The summed E-state index contributed by atoms with van der Waals surface area (Å²) in [5, 5.41) is 6.98. The predicted octanol–water partition coefficient (Wildman–Crippen LogP) is 4.99. The van der Waals surface area contributed by atoms with Crippen molar-refractivity contribution in [3.05, 3.63) is 64.2 Å². The molecule has 2 aromatic carbocycles. The van der Waals surface area contributed by atoms with Gasteiger partial charge in [0.15, 0.2) is 5.67 Å². The molecular formula is C22H24ClFN2O. The molecule has 2 unspecified atom stereocenters. The van der Waals surface area contributed by atoms with Gasteiger partial charge in [-0.1, -0.05) is 35.9 Å². The van der Waals surface area contributed by atoms with E-state index in [1.54, 1.807) is 0 Å². The largest absolute Gasteiger partial charge is 0.323 e. The lowest BCUT2D eigenvalue weighted by Gasteiger charge is -2.33. The van der Waals surface area contributed by atoms with E-state index < -0.39 is 11.6 Å². The van der Waals surface area contributed by atoms with Crippen molar-refractivity contribution in [1.82, 2.24) is 5.32 Å². The molecule has 2 aliphatic rings. The molecule has 0 aromatic heterocycles. The molecule has 1 heterocycles. The Kier molecular flexibility index (Phi) is 5.20. The molecule has 1 aliphatic carbocycles. The van der Waals surface area contributed by atoms with E-state index in [1.165, 1.54) is 11.1 Å². The number of amides is 1. The number of anilines is 1. The van der Waals surface area contributed by atoms with Gasteiger partial charge in [0.25, 0.3) is 5.91 Å². The third-order valence-corrected chi connectivity index (χ3v) is 5.98. The summed E-state index contributed by atoms with van der Waals surface area (Å²) < 4.78 is 15.0. The summed E-state index contributed by atoms with van der Waals surface area (Å²) in [5.41, 5.74) is 2.38. The van der Waals surface area contributed by atoms with Gasteiger partial charge in [-0.15, -0.1) is 0 Å². The number of rotatable bonds is 6. The van der Waals surface area contributed by atoms with Crippen LogP contribution in [0, 0.1) is 0 Å². The molecule has 3 nitrogen and oxygen atoms in total. The lowest BCUT2D eigenvalue weighted by atomic mass is 9.81. The standard InChI is InChI=1S/C22H24ClFN2O/c23-17-6-1-4-16(12-17)14-25-11-3-5-15-8-9-18-19-7-2-10-22(19,24)21(27)26-20(18)13-15/h1,4,6,8-9,12-13,19,25H,2-3,5,7,10-11,14H2,(H,26,27). The molecule has 1 fully saturated rings. The average molecular weight is 387 g/mol. The highest BCUT2D eigenvalue weighted by atomic mass is 35.5. The number of nitrogens with one attached hydrogen (secondary N) is 2. The molecule has 2 aromatic rings. The van der Waals surface area contributed by atoms with Gasteiger partial charge in [-0.3, -0.25) is 4.79 Å². The number of alkyl halides is 1. The number of aryl methyl sites for hydroxylation is 1. The first-order chi connectivity index (χ1) is 13.1. The Bertz CT molecular complexity index is 856. The molecule has 2 atom stereocenters. The first-order valence-corrected chi connectivity index (χ1v) is 10.0. The summed E-state index contributed by atoms with van der Waals surface area (Å²) >= 11 is 5.99. The number of hydrogen-bond donors (Lipinski definition) is 2. The quantitative estimate of drug-likeness (QED) is 0.686. The molecule has 1 amide bonds. The molecule has 4 rings (SSSR count). The number of carbonyl (C=O) groups is 1. The highest BCUT2D eigenvalue weighted by Crippen LogP contribution is 2.51. The van der Waals surface area contributed by atoms with Crippen LogP contribution in [0.1, 0.15) is 48.3 Å². The highest BCUT2D eigenvalue weighted by molar-refractivity contribution is 6.30. The van der Waals surface area contributed by atoms with Gasteiger partial charge in [-0.25, -0.2) is 4.39 Å². The molecule has 2 N–H and O–H groups in total. The van der Waals surface area contributed by atoms with Crippen LogP contribution in [-0.2, 0) is 17.8 Å². The highest BCUT2D eigenvalue weighted by Gasteiger charge is 2.53. The lowest BCUT2D eigenvalue weighted by molar-refractivity contribution is -0.128. The van der Waals surface area contributed by atoms with E-state index in [-0.39, 0.29) is 5.92 Å². The van der Waals surface area contributed by atoms with Crippen molar-refractivity contribution >= 4 is 23.2 Å². The Balaban J connectivity index is 1.32. The van der Waals surface area contributed by atoms with Crippen molar-refractivity contribution in [2.24, 2.45) is 0 Å². The van der Waals surface area contributed by atoms with E-state index in [0.29, 0.717) is 6.42 Å². The van der Waals surface area contributed by atoms with Gasteiger partial charge < -0.3 is 10.6 Å². The van der Waals surface area contributed by atoms with Crippen LogP contribution in [0.25, 0.3) is 0 Å². The second-order valence-corrected chi connectivity index (χ2v) is 8.03. The normalized spacial score (nSPS) is 23.6. The summed E-state index contributed by atoms with van der Waals surface area (Å²) in [5.74, 6) is -0.743. The summed E-state index contributed by atoms with van der Waals surface area (Å²) in [6.07, 6.45) is 3.77. The van der Waals surface area contributed by atoms with Crippen molar-refractivity contribution in [2.75, 3.05) is 11.9 Å². The zero-order valence-electron chi connectivity index (χ0n) is 15.2. The van der Waals surface area contributed by atoms with Crippen molar-refractivity contribution in [3.8, 4) is 0 Å². The molecule has 1 saturated carbocycles. The van der Waals surface area contributed by atoms with Gasteiger partial charge in [0.2, 0.25) is 0 Å². The fourth-order valence-electron chi connectivity index (χ4n) is 4.33. The summed E-state index contributed by atoms with van der Waals surface area (Å²) in [6.45, 7) is 1.69. The van der Waals surface area contributed by atoms with Gasteiger partial charge in [0, 0.05) is 23.2 Å². The van der Waals surface area contributed by atoms with E-state index in [0.717, 1.165) is 55.0 Å². The molecule has 0 bridgehead atoms. The number of benzene rings is 2. The molecule has 5 heteroatoms. The van der Waals surface area contributed by atoms with Crippen LogP contribution in [0.5, 0.6) is 0 Å². The molecule has 27 heavy (non-hydrogen) atoms. The van der Waals surface area contributed by atoms with Crippen LogP contribution >= 0.6 is 11.6 Å². The fourth-order valence-corrected chi connectivity index (χ4v) is 4.55. The summed E-state index contributed by atoms with van der Waals surface area (Å²) in [4.78, 5) is 12.2. The molecule has 0 saturated heterocycles. The van der Waals surface area contributed by atoms with Crippen molar-refractivity contribution in [3.63, 3.8) is 0 Å². The third-order valence-electron chi connectivity index (χ3n) is 5.74. The minimum atomic E-state index is -1.71. The van der Waals surface area contributed by atoms with E-state index in [1.807, 2.05) is 30.3 Å². The Labute approximate surface area is 164 Å². The predicted molar refractivity (Wildman–Crippen MR) is 107 cm³/mol. The van der Waals surface area contributed by atoms with Crippen LogP contribution in [0.15, 0.2) is 42.5 Å². The van der Waals surface area contributed by atoms with Gasteiger partial charge in [-0.2, -0.15) is 0 Å². The minimum absolute atomic E-state index is 0.283. The molecule has 142 valence electrons. The Morgan fingerprint density at radius 1 is 1.22 bits per heavy atom. The third kappa shape index (κ3) is 3.74.